The zero-order valence-corrected chi connectivity index (χ0v) is 14.8. The Labute approximate surface area is 149 Å². The van der Waals surface area contributed by atoms with Crippen LogP contribution < -0.4 is 15.5 Å². The van der Waals surface area contributed by atoms with Gasteiger partial charge in [-0.25, -0.2) is 0 Å². The number of hydrogen-bond donors (Lipinski definition) is 2. The van der Waals surface area contributed by atoms with Gasteiger partial charge >= 0.3 is 0 Å². The predicted molar refractivity (Wildman–Crippen MR) is 97.4 cm³/mol. The molecule has 3 atom stereocenters. The van der Waals surface area contributed by atoms with Crippen LogP contribution in [-0.2, 0) is 9.59 Å². The van der Waals surface area contributed by atoms with Crippen LogP contribution in [0.15, 0.2) is 24.3 Å². The third-order valence-corrected chi connectivity index (χ3v) is 5.93. The van der Waals surface area contributed by atoms with Gasteiger partial charge in [-0.3, -0.25) is 9.59 Å². The molecular formula is C20H27N3O2. The number of aryl methyl sites for hydroxylation is 1. The molecule has 0 aromatic heterocycles. The lowest BCUT2D eigenvalue weighted by atomic mass is 9.89. The number of fused-ring (bicyclic) bond motifs is 2. The van der Waals surface area contributed by atoms with E-state index in [4.69, 9.17) is 0 Å². The smallest absolute Gasteiger partial charge is 0.249 e. The molecule has 0 radical (unpaired) electrons. The monoisotopic (exact) mass is 341 g/mol. The van der Waals surface area contributed by atoms with Crippen molar-refractivity contribution in [2.24, 2.45) is 5.92 Å². The normalized spacial score (nSPS) is 31.4. The van der Waals surface area contributed by atoms with Crippen molar-refractivity contribution >= 4 is 17.5 Å². The highest BCUT2D eigenvalue weighted by Crippen LogP contribution is 2.32. The van der Waals surface area contributed by atoms with Crippen molar-refractivity contribution in [3.05, 3.63) is 29.8 Å². The van der Waals surface area contributed by atoms with Gasteiger partial charge in [-0.2, -0.15) is 0 Å². The summed E-state index contributed by atoms with van der Waals surface area (Å²) in [6.45, 7) is 2.70. The number of carbonyl (C=O) groups excluding carboxylic acids is 2. The topological polar surface area (TPSA) is 61.4 Å². The molecule has 1 aromatic carbocycles. The molecule has 2 amide bonds. The molecule has 3 unspecified atom stereocenters. The summed E-state index contributed by atoms with van der Waals surface area (Å²) in [5.74, 6) is 0.515. The molecule has 3 saturated heterocycles. The van der Waals surface area contributed by atoms with Gasteiger partial charge in [-0.15, -0.1) is 0 Å². The largest absolute Gasteiger partial charge is 0.344 e. The van der Waals surface area contributed by atoms with Gasteiger partial charge in [-0.1, -0.05) is 17.7 Å². The van der Waals surface area contributed by atoms with E-state index >= 15 is 0 Å². The van der Waals surface area contributed by atoms with E-state index in [-0.39, 0.29) is 17.9 Å². The van der Waals surface area contributed by atoms with Gasteiger partial charge < -0.3 is 15.5 Å². The number of anilines is 1. The van der Waals surface area contributed by atoms with Crippen LogP contribution in [0.1, 0.15) is 44.1 Å². The highest BCUT2D eigenvalue weighted by molar-refractivity contribution is 6.01. The molecule has 5 nitrogen and oxygen atoms in total. The molecule has 3 aliphatic rings. The minimum Gasteiger partial charge on any atom is -0.344 e. The maximum absolute atomic E-state index is 12.6. The maximum Gasteiger partial charge on any atom is 0.249 e. The number of nitrogens with zero attached hydrogens (tertiary/aromatic N) is 1. The summed E-state index contributed by atoms with van der Waals surface area (Å²) in [5.41, 5.74) is 2.10. The van der Waals surface area contributed by atoms with Crippen molar-refractivity contribution in [1.82, 2.24) is 10.6 Å². The lowest BCUT2D eigenvalue weighted by Gasteiger charge is -2.28. The molecule has 0 spiro atoms. The first kappa shape index (κ1) is 16.6. The van der Waals surface area contributed by atoms with Crippen LogP contribution in [0.3, 0.4) is 0 Å². The van der Waals surface area contributed by atoms with Crippen LogP contribution in [0.2, 0.25) is 0 Å². The van der Waals surface area contributed by atoms with Gasteiger partial charge in [0.05, 0.1) is 0 Å². The van der Waals surface area contributed by atoms with E-state index in [1.54, 1.807) is 4.90 Å². The zero-order chi connectivity index (χ0) is 17.4. The number of rotatable bonds is 4. The molecule has 3 heterocycles. The average molecular weight is 341 g/mol. The molecular weight excluding hydrogens is 314 g/mol. The number of nitrogens with one attached hydrogen (secondary N) is 2. The minimum absolute atomic E-state index is 0.0163. The standard InChI is InChI=1S/C20H27N3O2/c1-13-2-6-17(7-3-13)23-9-8-18(20(23)25)22-19(24)12-14-10-15-4-5-16(11-14)21-15/h2-3,6-7,14-16,18,21H,4-5,8-12H2,1H3,(H,22,24). The fourth-order valence-corrected chi connectivity index (χ4v) is 4.65. The molecule has 2 N–H and O–H groups in total. The molecule has 4 rings (SSSR count). The van der Waals surface area contributed by atoms with Crippen molar-refractivity contribution in [1.29, 1.82) is 0 Å². The van der Waals surface area contributed by atoms with Crippen LogP contribution in [0.5, 0.6) is 0 Å². The Morgan fingerprint density at radius 3 is 2.52 bits per heavy atom. The summed E-state index contributed by atoms with van der Waals surface area (Å²) >= 11 is 0. The lowest BCUT2D eigenvalue weighted by molar-refractivity contribution is -0.127. The Hall–Kier alpha value is -1.88. The summed E-state index contributed by atoms with van der Waals surface area (Å²) in [6.07, 6.45) is 5.93. The second kappa shape index (κ2) is 6.79. The summed E-state index contributed by atoms with van der Waals surface area (Å²) in [5, 5.41) is 6.60. The van der Waals surface area contributed by atoms with Gasteiger partial charge in [0.2, 0.25) is 11.8 Å². The van der Waals surface area contributed by atoms with Crippen molar-refractivity contribution in [2.45, 2.75) is 63.6 Å². The molecule has 0 aliphatic carbocycles. The fourth-order valence-electron chi connectivity index (χ4n) is 4.65. The Balaban J connectivity index is 1.31. The van der Waals surface area contributed by atoms with Gasteiger partial charge in [0.15, 0.2) is 0 Å². The number of hydrogen-bond acceptors (Lipinski definition) is 3. The van der Waals surface area contributed by atoms with Crippen molar-refractivity contribution in [3.63, 3.8) is 0 Å². The second-order valence-electron chi connectivity index (χ2n) is 7.91. The van der Waals surface area contributed by atoms with Gasteiger partial charge in [-0.05, 0) is 57.1 Å². The highest BCUT2D eigenvalue weighted by Gasteiger charge is 2.36. The highest BCUT2D eigenvalue weighted by atomic mass is 16.2. The maximum atomic E-state index is 12.6. The van der Waals surface area contributed by atoms with E-state index in [0.29, 0.717) is 37.4 Å². The molecule has 5 heteroatoms. The lowest BCUT2D eigenvalue weighted by Crippen LogP contribution is -2.44. The predicted octanol–water partition coefficient (Wildman–Crippen LogP) is 2.14. The van der Waals surface area contributed by atoms with E-state index in [0.717, 1.165) is 18.5 Å². The average Bonchev–Trinajstić information content (AvgIpc) is 3.11. The first-order valence-corrected chi connectivity index (χ1v) is 9.52. The summed E-state index contributed by atoms with van der Waals surface area (Å²) in [4.78, 5) is 26.9. The fraction of sp³-hybridized carbons (Fsp3) is 0.600. The third-order valence-electron chi connectivity index (χ3n) is 5.93. The van der Waals surface area contributed by atoms with Crippen molar-refractivity contribution in [2.75, 3.05) is 11.4 Å². The van der Waals surface area contributed by atoms with Gasteiger partial charge in [0.25, 0.3) is 0 Å². The Morgan fingerprint density at radius 1 is 1.16 bits per heavy atom. The molecule has 3 fully saturated rings. The summed E-state index contributed by atoms with van der Waals surface area (Å²) in [6, 6.07) is 8.81. The third kappa shape index (κ3) is 3.56. The quantitative estimate of drug-likeness (QED) is 0.882. The Morgan fingerprint density at radius 2 is 1.84 bits per heavy atom. The van der Waals surface area contributed by atoms with E-state index < -0.39 is 0 Å². The first-order chi connectivity index (χ1) is 12.1. The van der Waals surface area contributed by atoms with Crippen LogP contribution >= 0.6 is 0 Å². The van der Waals surface area contributed by atoms with E-state index in [1.165, 1.54) is 18.4 Å². The molecule has 25 heavy (non-hydrogen) atoms. The molecule has 2 bridgehead atoms. The summed E-state index contributed by atoms with van der Waals surface area (Å²) < 4.78 is 0. The molecule has 3 aliphatic heterocycles. The second-order valence-corrected chi connectivity index (χ2v) is 7.91. The Bertz CT molecular complexity index is 645. The van der Waals surface area contributed by atoms with Gasteiger partial charge in [0, 0.05) is 30.7 Å². The number of amides is 2. The minimum atomic E-state index is -0.368. The number of benzene rings is 1. The molecule has 1 aromatic rings. The number of piperidine rings is 1. The van der Waals surface area contributed by atoms with Crippen LogP contribution in [0.4, 0.5) is 5.69 Å². The van der Waals surface area contributed by atoms with Crippen molar-refractivity contribution in [3.8, 4) is 0 Å². The van der Waals surface area contributed by atoms with Crippen molar-refractivity contribution < 1.29 is 9.59 Å². The van der Waals surface area contributed by atoms with Crippen LogP contribution in [-0.4, -0.2) is 36.5 Å². The Kier molecular flexibility index (Phi) is 4.50. The van der Waals surface area contributed by atoms with Gasteiger partial charge in [0.1, 0.15) is 6.04 Å². The van der Waals surface area contributed by atoms with Crippen LogP contribution in [0, 0.1) is 12.8 Å². The zero-order valence-electron chi connectivity index (χ0n) is 14.8. The first-order valence-electron chi connectivity index (χ1n) is 9.52. The van der Waals surface area contributed by atoms with E-state index in [9.17, 15) is 9.59 Å². The van der Waals surface area contributed by atoms with Crippen LogP contribution in [0.25, 0.3) is 0 Å². The van der Waals surface area contributed by atoms with E-state index in [2.05, 4.69) is 10.6 Å². The molecule has 0 saturated carbocycles. The SMILES string of the molecule is Cc1ccc(N2CCC(NC(=O)CC3CC4CCC(C3)N4)C2=O)cc1. The van der Waals surface area contributed by atoms with E-state index in [1.807, 2.05) is 31.2 Å². The number of carbonyl (C=O) groups is 2. The molecule has 134 valence electrons. The summed E-state index contributed by atoms with van der Waals surface area (Å²) in [7, 11) is 0.